The molecule has 0 aliphatic rings. The molecule has 17 heavy (non-hydrogen) atoms. The highest BCUT2D eigenvalue weighted by Crippen LogP contribution is 2.23. The van der Waals surface area contributed by atoms with E-state index in [1.54, 1.807) is 18.2 Å². The molecule has 0 bridgehead atoms. The summed E-state index contributed by atoms with van der Waals surface area (Å²) in [6, 6.07) is 10.3. The molecule has 2 aromatic rings. The quantitative estimate of drug-likeness (QED) is 0.905. The lowest BCUT2D eigenvalue weighted by Crippen LogP contribution is -2.11. The molecule has 2 rings (SSSR count). The number of sulfonamides is 1. The van der Waals surface area contributed by atoms with Gasteiger partial charge in [0.05, 0.1) is 11.5 Å². The molecule has 0 amide bonds. The second-order valence-electron chi connectivity index (χ2n) is 3.65. The van der Waals surface area contributed by atoms with E-state index in [4.69, 9.17) is 9.88 Å². The minimum Gasteiger partial charge on any atom is -0.494 e. The van der Waals surface area contributed by atoms with Crippen molar-refractivity contribution in [2.75, 3.05) is 6.61 Å². The fraction of sp³-hybridized carbons (Fsp3) is 0.167. The molecule has 5 heteroatoms. The Hall–Kier alpha value is -1.59. The van der Waals surface area contributed by atoms with Gasteiger partial charge in [0, 0.05) is 0 Å². The van der Waals surface area contributed by atoms with Crippen LogP contribution in [0.5, 0.6) is 5.75 Å². The average Bonchev–Trinajstić information content (AvgIpc) is 2.27. The zero-order valence-corrected chi connectivity index (χ0v) is 10.2. The molecule has 4 nitrogen and oxygen atoms in total. The minimum absolute atomic E-state index is 0.120. The van der Waals surface area contributed by atoms with Gasteiger partial charge in [-0.25, -0.2) is 13.6 Å². The zero-order chi connectivity index (χ0) is 12.5. The van der Waals surface area contributed by atoms with Crippen molar-refractivity contribution in [1.82, 2.24) is 0 Å². The van der Waals surface area contributed by atoms with Crippen molar-refractivity contribution in [3.63, 3.8) is 0 Å². The largest absolute Gasteiger partial charge is 0.494 e. The Labute approximate surface area is 100 Å². The highest BCUT2D eigenvalue weighted by molar-refractivity contribution is 7.89. The molecule has 0 unspecified atom stereocenters. The second kappa shape index (κ2) is 4.35. The number of benzene rings is 2. The SMILES string of the molecule is CCOc1ccc2cc(S(N)(=O)=O)ccc2c1. The third-order valence-corrected chi connectivity index (χ3v) is 3.33. The van der Waals surface area contributed by atoms with Gasteiger partial charge in [0.25, 0.3) is 0 Å². The van der Waals surface area contributed by atoms with Crippen molar-refractivity contribution >= 4 is 20.8 Å². The number of hydrogen-bond acceptors (Lipinski definition) is 3. The van der Waals surface area contributed by atoms with Crippen LogP contribution in [0.25, 0.3) is 10.8 Å². The summed E-state index contributed by atoms with van der Waals surface area (Å²) in [5, 5.41) is 6.81. The molecule has 0 fully saturated rings. The molecule has 0 saturated heterocycles. The smallest absolute Gasteiger partial charge is 0.238 e. The van der Waals surface area contributed by atoms with Crippen LogP contribution < -0.4 is 9.88 Å². The van der Waals surface area contributed by atoms with Crippen molar-refractivity contribution in [2.24, 2.45) is 5.14 Å². The van der Waals surface area contributed by atoms with E-state index in [0.717, 1.165) is 16.5 Å². The molecule has 2 N–H and O–H groups in total. The molecule has 0 atom stereocenters. The molecule has 2 aromatic carbocycles. The van der Waals surface area contributed by atoms with E-state index in [2.05, 4.69) is 0 Å². The first-order valence-electron chi connectivity index (χ1n) is 5.20. The number of nitrogens with two attached hydrogens (primary N) is 1. The maximum Gasteiger partial charge on any atom is 0.238 e. The minimum atomic E-state index is -3.65. The van der Waals surface area contributed by atoms with Crippen LogP contribution in [0.3, 0.4) is 0 Å². The normalized spacial score (nSPS) is 11.6. The lowest BCUT2D eigenvalue weighted by atomic mass is 10.1. The molecule has 0 aromatic heterocycles. The van der Waals surface area contributed by atoms with Crippen LogP contribution in [0.1, 0.15) is 6.92 Å². The standard InChI is InChI=1S/C12H13NO3S/c1-2-16-11-5-3-10-8-12(17(13,14)15)6-4-9(10)7-11/h3-8H,2H2,1H3,(H2,13,14,15). The fourth-order valence-electron chi connectivity index (χ4n) is 1.64. The van der Waals surface area contributed by atoms with E-state index in [0.29, 0.717) is 6.61 Å². The van der Waals surface area contributed by atoms with Gasteiger partial charge in [-0.1, -0.05) is 12.1 Å². The Morgan fingerprint density at radius 2 is 1.76 bits per heavy atom. The average molecular weight is 251 g/mol. The van der Waals surface area contributed by atoms with Crippen LogP contribution in [0.2, 0.25) is 0 Å². The van der Waals surface area contributed by atoms with Crippen LogP contribution in [-0.4, -0.2) is 15.0 Å². The molecule has 0 aliphatic heterocycles. The summed E-state index contributed by atoms with van der Waals surface area (Å²) in [6.07, 6.45) is 0. The Morgan fingerprint density at radius 3 is 2.41 bits per heavy atom. The van der Waals surface area contributed by atoms with Crippen LogP contribution >= 0.6 is 0 Å². The van der Waals surface area contributed by atoms with E-state index >= 15 is 0 Å². The highest BCUT2D eigenvalue weighted by Gasteiger charge is 2.08. The van der Waals surface area contributed by atoms with Crippen LogP contribution in [0.15, 0.2) is 41.3 Å². The zero-order valence-electron chi connectivity index (χ0n) is 9.38. The lowest BCUT2D eigenvalue weighted by Gasteiger charge is -2.05. The van der Waals surface area contributed by atoms with E-state index in [1.807, 2.05) is 19.1 Å². The van der Waals surface area contributed by atoms with Crippen LogP contribution in [0.4, 0.5) is 0 Å². The second-order valence-corrected chi connectivity index (χ2v) is 5.21. The van der Waals surface area contributed by atoms with Gasteiger partial charge in [-0.05, 0) is 42.0 Å². The number of hydrogen-bond donors (Lipinski definition) is 1. The van der Waals surface area contributed by atoms with Gasteiger partial charge in [0.1, 0.15) is 5.75 Å². The molecule has 0 aliphatic carbocycles. The van der Waals surface area contributed by atoms with E-state index in [1.165, 1.54) is 6.07 Å². The van der Waals surface area contributed by atoms with Gasteiger partial charge in [-0.15, -0.1) is 0 Å². The Balaban J connectivity index is 2.54. The summed E-state index contributed by atoms with van der Waals surface area (Å²) in [6.45, 7) is 2.51. The summed E-state index contributed by atoms with van der Waals surface area (Å²) in [5.41, 5.74) is 0. The molecular weight excluding hydrogens is 238 g/mol. The number of rotatable bonds is 3. The number of fused-ring (bicyclic) bond motifs is 1. The third kappa shape index (κ3) is 2.57. The summed E-state index contributed by atoms with van der Waals surface area (Å²) >= 11 is 0. The molecule has 0 radical (unpaired) electrons. The first-order valence-corrected chi connectivity index (χ1v) is 6.75. The predicted molar refractivity (Wildman–Crippen MR) is 66.5 cm³/mol. The van der Waals surface area contributed by atoms with Gasteiger partial charge in [-0.2, -0.15) is 0 Å². The molecule has 0 saturated carbocycles. The van der Waals surface area contributed by atoms with Crippen molar-refractivity contribution in [3.05, 3.63) is 36.4 Å². The maximum absolute atomic E-state index is 11.2. The Bertz CT molecular complexity index is 650. The van der Waals surface area contributed by atoms with E-state index < -0.39 is 10.0 Å². The van der Waals surface area contributed by atoms with Crippen molar-refractivity contribution in [3.8, 4) is 5.75 Å². The van der Waals surface area contributed by atoms with Crippen LogP contribution in [-0.2, 0) is 10.0 Å². The van der Waals surface area contributed by atoms with Gasteiger partial charge in [-0.3, -0.25) is 0 Å². The van der Waals surface area contributed by atoms with Gasteiger partial charge in [0.15, 0.2) is 0 Å². The van der Waals surface area contributed by atoms with E-state index in [-0.39, 0.29) is 4.90 Å². The molecule has 0 heterocycles. The van der Waals surface area contributed by atoms with Crippen molar-refractivity contribution < 1.29 is 13.2 Å². The first kappa shape index (κ1) is 11.9. The predicted octanol–water partition coefficient (Wildman–Crippen LogP) is 1.89. The fourth-order valence-corrected chi connectivity index (χ4v) is 2.18. The number of ether oxygens (including phenoxy) is 1. The summed E-state index contributed by atoms with van der Waals surface area (Å²) in [7, 11) is -3.65. The molecule has 90 valence electrons. The van der Waals surface area contributed by atoms with Crippen LogP contribution in [0, 0.1) is 0 Å². The Morgan fingerprint density at radius 1 is 1.12 bits per heavy atom. The topological polar surface area (TPSA) is 69.4 Å². The molecule has 0 spiro atoms. The number of primary sulfonamides is 1. The lowest BCUT2D eigenvalue weighted by molar-refractivity contribution is 0.341. The maximum atomic E-state index is 11.2. The van der Waals surface area contributed by atoms with Gasteiger partial charge >= 0.3 is 0 Å². The van der Waals surface area contributed by atoms with Crippen molar-refractivity contribution in [1.29, 1.82) is 0 Å². The molecular formula is C12H13NO3S. The Kier molecular flexibility index (Phi) is 3.04. The van der Waals surface area contributed by atoms with E-state index in [9.17, 15) is 8.42 Å². The summed E-state index contributed by atoms with van der Waals surface area (Å²) in [5.74, 6) is 0.767. The van der Waals surface area contributed by atoms with Gasteiger partial charge < -0.3 is 4.74 Å². The third-order valence-electron chi connectivity index (χ3n) is 2.42. The van der Waals surface area contributed by atoms with Crippen molar-refractivity contribution in [2.45, 2.75) is 11.8 Å². The highest BCUT2D eigenvalue weighted by atomic mass is 32.2. The van der Waals surface area contributed by atoms with Gasteiger partial charge in [0.2, 0.25) is 10.0 Å². The summed E-state index contributed by atoms with van der Waals surface area (Å²) in [4.78, 5) is 0.120. The first-order chi connectivity index (χ1) is 8.00. The summed E-state index contributed by atoms with van der Waals surface area (Å²) < 4.78 is 27.8. The monoisotopic (exact) mass is 251 g/mol.